The molecule has 0 saturated carbocycles. The topological polar surface area (TPSA) is 43.8 Å². The number of rotatable bonds is 4. The molecule has 0 radical (unpaired) electrons. The molecule has 2 N–H and O–H groups in total. The van der Waals surface area contributed by atoms with Gasteiger partial charge in [-0.1, -0.05) is 29.4 Å². The van der Waals surface area contributed by atoms with Crippen LogP contribution in [-0.2, 0) is 13.5 Å². The van der Waals surface area contributed by atoms with Gasteiger partial charge in [-0.05, 0) is 30.7 Å². The summed E-state index contributed by atoms with van der Waals surface area (Å²) in [6.45, 7) is 0.602. The van der Waals surface area contributed by atoms with Gasteiger partial charge in [0, 0.05) is 23.2 Å². The predicted molar refractivity (Wildman–Crippen MR) is 71.5 cm³/mol. The maximum absolute atomic E-state index is 6.19. The zero-order valence-corrected chi connectivity index (χ0v) is 11.1. The number of hydrogen-bond acceptors (Lipinski definition) is 3. The zero-order chi connectivity index (χ0) is 12.3. The highest BCUT2D eigenvalue weighted by atomic mass is 35.5. The van der Waals surface area contributed by atoms with E-state index in [-0.39, 0.29) is 0 Å². The Labute approximate surface area is 110 Å². The fraction of sp³-hybridized carbons (Fsp3) is 0.250. The molecule has 0 fully saturated rings. The van der Waals surface area contributed by atoms with Crippen LogP contribution in [0.2, 0.25) is 5.02 Å². The van der Waals surface area contributed by atoms with E-state index in [4.69, 9.17) is 17.3 Å². The molecule has 0 bridgehead atoms. The second-order valence-corrected chi connectivity index (χ2v) is 5.23. The van der Waals surface area contributed by atoms with Gasteiger partial charge >= 0.3 is 0 Å². The van der Waals surface area contributed by atoms with E-state index < -0.39 is 0 Å². The van der Waals surface area contributed by atoms with Crippen molar-refractivity contribution in [2.45, 2.75) is 16.2 Å². The summed E-state index contributed by atoms with van der Waals surface area (Å²) in [7, 11) is 1.91. The second-order valence-electron chi connectivity index (χ2n) is 3.71. The minimum Gasteiger partial charge on any atom is -0.330 e. The molecule has 3 nitrogen and oxygen atoms in total. The van der Waals surface area contributed by atoms with Gasteiger partial charge in [0.2, 0.25) is 0 Å². The Morgan fingerprint density at radius 2 is 2.29 bits per heavy atom. The Morgan fingerprint density at radius 3 is 2.94 bits per heavy atom. The molecule has 1 heterocycles. The van der Waals surface area contributed by atoms with Crippen molar-refractivity contribution in [2.75, 3.05) is 6.54 Å². The molecular weight excluding hydrogens is 254 g/mol. The van der Waals surface area contributed by atoms with Crippen molar-refractivity contribution < 1.29 is 0 Å². The first-order valence-corrected chi connectivity index (χ1v) is 6.54. The van der Waals surface area contributed by atoms with Gasteiger partial charge in [-0.3, -0.25) is 4.68 Å². The second kappa shape index (κ2) is 5.58. The van der Waals surface area contributed by atoms with Gasteiger partial charge in [0.15, 0.2) is 0 Å². The van der Waals surface area contributed by atoms with E-state index in [1.54, 1.807) is 16.4 Å². The highest BCUT2D eigenvalue weighted by Gasteiger charge is 2.08. The summed E-state index contributed by atoms with van der Waals surface area (Å²) in [5, 5.41) is 4.93. The molecule has 2 aromatic rings. The molecule has 1 aromatic carbocycles. The number of halogens is 1. The molecule has 0 aliphatic heterocycles. The first-order valence-electron chi connectivity index (χ1n) is 5.34. The van der Waals surface area contributed by atoms with E-state index in [2.05, 4.69) is 11.2 Å². The van der Waals surface area contributed by atoms with E-state index in [0.29, 0.717) is 6.54 Å². The Bertz CT molecular complexity index is 510. The molecule has 2 rings (SSSR count). The van der Waals surface area contributed by atoms with Gasteiger partial charge in [0.05, 0.1) is 11.1 Å². The van der Waals surface area contributed by atoms with Crippen LogP contribution in [0.4, 0.5) is 0 Å². The van der Waals surface area contributed by atoms with Crippen molar-refractivity contribution in [3.8, 4) is 0 Å². The number of hydrogen-bond donors (Lipinski definition) is 1. The van der Waals surface area contributed by atoms with Crippen LogP contribution < -0.4 is 5.73 Å². The maximum atomic E-state index is 6.19. The summed E-state index contributed by atoms with van der Waals surface area (Å²) >= 11 is 7.86. The molecule has 17 heavy (non-hydrogen) atoms. The molecule has 0 amide bonds. The molecule has 0 unspecified atom stereocenters. The molecule has 0 saturated heterocycles. The first kappa shape index (κ1) is 12.5. The number of benzene rings is 1. The van der Waals surface area contributed by atoms with E-state index >= 15 is 0 Å². The summed E-state index contributed by atoms with van der Waals surface area (Å²) in [6, 6.07) is 5.93. The van der Waals surface area contributed by atoms with Crippen LogP contribution in [0.5, 0.6) is 0 Å². The normalized spacial score (nSPS) is 10.8. The van der Waals surface area contributed by atoms with Gasteiger partial charge in [-0.15, -0.1) is 0 Å². The largest absolute Gasteiger partial charge is 0.330 e. The minimum absolute atomic E-state index is 0.602. The fourth-order valence-corrected chi connectivity index (χ4v) is 2.97. The molecule has 5 heteroatoms. The van der Waals surface area contributed by atoms with E-state index in [1.807, 2.05) is 31.6 Å². The molecule has 0 atom stereocenters. The fourth-order valence-electron chi connectivity index (χ4n) is 1.60. The average molecular weight is 268 g/mol. The van der Waals surface area contributed by atoms with Gasteiger partial charge in [0.25, 0.3) is 0 Å². The lowest BCUT2D eigenvalue weighted by atomic mass is 10.1. The number of nitrogens with zero attached hydrogens (tertiary/aromatic N) is 2. The van der Waals surface area contributed by atoms with Crippen LogP contribution in [0.25, 0.3) is 0 Å². The van der Waals surface area contributed by atoms with E-state index in [1.165, 1.54) is 0 Å². The summed E-state index contributed by atoms with van der Waals surface area (Å²) in [5.74, 6) is 0. The molecule has 1 aromatic heterocycles. The lowest BCUT2D eigenvalue weighted by Gasteiger charge is -2.08. The number of aryl methyl sites for hydroxylation is 1. The smallest absolute Gasteiger partial charge is 0.0629 e. The summed E-state index contributed by atoms with van der Waals surface area (Å²) < 4.78 is 1.79. The number of nitrogens with two attached hydrogens (primary N) is 1. The maximum Gasteiger partial charge on any atom is 0.0629 e. The van der Waals surface area contributed by atoms with Gasteiger partial charge in [0.1, 0.15) is 0 Å². The Hall–Kier alpha value is -0.970. The lowest BCUT2D eigenvalue weighted by Crippen LogP contribution is -2.04. The van der Waals surface area contributed by atoms with E-state index in [9.17, 15) is 0 Å². The minimum atomic E-state index is 0.602. The van der Waals surface area contributed by atoms with Crippen molar-refractivity contribution >= 4 is 23.4 Å². The van der Waals surface area contributed by atoms with Gasteiger partial charge in [-0.2, -0.15) is 5.10 Å². The zero-order valence-electron chi connectivity index (χ0n) is 9.56. The number of aromatic nitrogens is 2. The standard InChI is InChI=1S/C12H14ClN3S/c1-16-8-9(7-15-16)17-12-4-2-3-11(13)10(12)5-6-14/h2-4,7-8H,5-6,14H2,1H3. The molecule has 0 aliphatic carbocycles. The average Bonchev–Trinajstić information content (AvgIpc) is 2.69. The van der Waals surface area contributed by atoms with Crippen LogP contribution in [0, 0.1) is 0 Å². The van der Waals surface area contributed by atoms with Gasteiger partial charge < -0.3 is 5.73 Å². The molecule has 90 valence electrons. The molecule has 0 aliphatic rings. The van der Waals surface area contributed by atoms with Crippen molar-refractivity contribution in [2.24, 2.45) is 12.8 Å². The van der Waals surface area contributed by atoms with Crippen LogP contribution in [0.3, 0.4) is 0 Å². The third-order valence-electron chi connectivity index (χ3n) is 2.38. The third-order valence-corrected chi connectivity index (χ3v) is 3.78. The first-order chi connectivity index (χ1) is 8.20. The highest BCUT2D eigenvalue weighted by molar-refractivity contribution is 7.99. The van der Waals surface area contributed by atoms with Crippen molar-refractivity contribution in [1.82, 2.24) is 9.78 Å². The molecular formula is C12H14ClN3S. The third kappa shape index (κ3) is 3.03. The Kier molecular flexibility index (Phi) is 4.10. The van der Waals surface area contributed by atoms with Crippen molar-refractivity contribution in [3.63, 3.8) is 0 Å². The van der Waals surface area contributed by atoms with Crippen LogP contribution in [0.15, 0.2) is 40.4 Å². The van der Waals surface area contributed by atoms with Gasteiger partial charge in [-0.25, -0.2) is 0 Å². The van der Waals surface area contributed by atoms with Crippen molar-refractivity contribution in [3.05, 3.63) is 41.2 Å². The highest BCUT2D eigenvalue weighted by Crippen LogP contribution is 2.33. The van der Waals surface area contributed by atoms with Crippen LogP contribution in [0.1, 0.15) is 5.56 Å². The van der Waals surface area contributed by atoms with Crippen molar-refractivity contribution in [1.29, 1.82) is 0 Å². The summed E-state index contributed by atoms with van der Waals surface area (Å²) in [5.41, 5.74) is 6.73. The predicted octanol–water partition coefficient (Wildman–Crippen LogP) is 2.73. The quantitative estimate of drug-likeness (QED) is 0.926. The monoisotopic (exact) mass is 267 g/mol. The Balaban J connectivity index is 2.28. The van der Waals surface area contributed by atoms with Crippen LogP contribution in [-0.4, -0.2) is 16.3 Å². The van der Waals surface area contributed by atoms with Crippen LogP contribution >= 0.6 is 23.4 Å². The Morgan fingerprint density at radius 1 is 1.47 bits per heavy atom. The van der Waals surface area contributed by atoms with E-state index in [0.717, 1.165) is 26.8 Å². The molecule has 0 spiro atoms. The summed E-state index contributed by atoms with van der Waals surface area (Å²) in [6.07, 6.45) is 4.62. The SMILES string of the molecule is Cn1cc(Sc2cccc(Cl)c2CCN)cn1. The lowest BCUT2D eigenvalue weighted by molar-refractivity contribution is 0.766. The summed E-state index contributed by atoms with van der Waals surface area (Å²) in [4.78, 5) is 2.25.